The Labute approximate surface area is 122 Å². The second kappa shape index (κ2) is 6.87. The van der Waals surface area contributed by atoms with E-state index in [4.69, 9.17) is 4.74 Å². The van der Waals surface area contributed by atoms with E-state index in [0.29, 0.717) is 12.2 Å². The first-order valence-corrected chi connectivity index (χ1v) is 7.33. The Hall–Kier alpha value is -1.38. The monoisotopic (exact) mass is 278 g/mol. The highest BCUT2D eigenvalue weighted by molar-refractivity contribution is 5.94. The fraction of sp³-hybridized carbons (Fsp3) is 0.647. The molecule has 0 radical (unpaired) electrons. The number of hydrogen-bond acceptors (Lipinski definition) is 3. The second-order valence-corrected chi connectivity index (χ2v) is 6.30. The zero-order valence-electron chi connectivity index (χ0n) is 13.3. The summed E-state index contributed by atoms with van der Waals surface area (Å²) in [5, 5.41) is 0. The van der Waals surface area contributed by atoms with Crippen molar-refractivity contribution in [3.63, 3.8) is 0 Å². The smallest absolute Gasteiger partial charge is 0.333 e. The second-order valence-electron chi connectivity index (χ2n) is 6.30. The first kappa shape index (κ1) is 16.7. The van der Waals surface area contributed by atoms with Crippen LogP contribution in [-0.2, 0) is 14.3 Å². The minimum Gasteiger partial charge on any atom is -0.463 e. The summed E-state index contributed by atoms with van der Waals surface area (Å²) in [4.78, 5) is 23.6. The van der Waals surface area contributed by atoms with Crippen LogP contribution in [0.15, 0.2) is 23.3 Å². The molecule has 1 atom stereocenters. The summed E-state index contributed by atoms with van der Waals surface area (Å²) in [7, 11) is 0. The molecule has 0 saturated heterocycles. The maximum atomic E-state index is 12.1. The third kappa shape index (κ3) is 4.32. The normalized spacial score (nSPS) is 22.4. The van der Waals surface area contributed by atoms with E-state index in [1.807, 2.05) is 13.0 Å². The summed E-state index contributed by atoms with van der Waals surface area (Å²) in [6.45, 7) is 10.3. The average Bonchev–Trinajstić information content (AvgIpc) is 2.31. The molecular formula is C17H26O3. The Bertz CT molecular complexity index is 441. The van der Waals surface area contributed by atoms with Gasteiger partial charge in [0.25, 0.3) is 0 Å². The Kier molecular flexibility index (Phi) is 5.73. The highest BCUT2D eigenvalue weighted by Crippen LogP contribution is 2.40. The molecule has 0 amide bonds. The summed E-state index contributed by atoms with van der Waals surface area (Å²) in [5.41, 5.74) is 1.79. The van der Waals surface area contributed by atoms with Crippen LogP contribution in [0.4, 0.5) is 0 Å². The number of ether oxygens (including phenoxy) is 1. The molecule has 1 rings (SSSR count). The van der Waals surface area contributed by atoms with Crippen molar-refractivity contribution in [3.8, 4) is 0 Å². The van der Waals surface area contributed by atoms with E-state index in [1.165, 1.54) is 0 Å². The fourth-order valence-corrected chi connectivity index (χ4v) is 2.95. The molecule has 112 valence electrons. The number of carbonyl (C=O) groups excluding carboxylic acids is 2. The van der Waals surface area contributed by atoms with Gasteiger partial charge >= 0.3 is 5.97 Å². The number of allylic oxidation sites excluding steroid dienone is 3. The maximum absolute atomic E-state index is 12.1. The van der Waals surface area contributed by atoms with Crippen LogP contribution < -0.4 is 0 Å². The van der Waals surface area contributed by atoms with Gasteiger partial charge in [0.1, 0.15) is 0 Å². The zero-order chi connectivity index (χ0) is 15.3. The van der Waals surface area contributed by atoms with Crippen LogP contribution in [0.25, 0.3) is 0 Å². The van der Waals surface area contributed by atoms with Gasteiger partial charge in [0.05, 0.1) is 6.61 Å². The van der Waals surface area contributed by atoms with Crippen molar-refractivity contribution >= 4 is 11.8 Å². The molecule has 20 heavy (non-hydrogen) atoms. The molecule has 0 spiro atoms. The number of esters is 1. The van der Waals surface area contributed by atoms with Crippen molar-refractivity contribution in [3.05, 3.63) is 23.3 Å². The molecule has 1 aliphatic rings. The Morgan fingerprint density at radius 2 is 2.15 bits per heavy atom. The molecule has 0 aromatic heterocycles. The minimum atomic E-state index is -0.266. The van der Waals surface area contributed by atoms with Gasteiger partial charge < -0.3 is 4.74 Å². The van der Waals surface area contributed by atoms with Gasteiger partial charge in [-0.25, -0.2) is 4.79 Å². The third-order valence-corrected chi connectivity index (χ3v) is 3.91. The Morgan fingerprint density at radius 3 is 2.70 bits per heavy atom. The van der Waals surface area contributed by atoms with Crippen LogP contribution in [0.2, 0.25) is 0 Å². The van der Waals surface area contributed by atoms with Crippen molar-refractivity contribution in [2.75, 3.05) is 6.61 Å². The van der Waals surface area contributed by atoms with Gasteiger partial charge in [-0.05, 0) is 51.5 Å². The van der Waals surface area contributed by atoms with Crippen molar-refractivity contribution < 1.29 is 14.3 Å². The lowest BCUT2D eigenvalue weighted by molar-refractivity contribution is -0.138. The zero-order valence-corrected chi connectivity index (χ0v) is 13.3. The molecule has 0 heterocycles. The summed E-state index contributed by atoms with van der Waals surface area (Å²) >= 11 is 0. The molecule has 0 aromatic rings. The topological polar surface area (TPSA) is 43.4 Å². The molecule has 0 aromatic carbocycles. The molecule has 3 heteroatoms. The quantitative estimate of drug-likeness (QED) is 0.567. The molecule has 1 unspecified atom stereocenters. The highest BCUT2D eigenvalue weighted by Gasteiger charge is 2.36. The highest BCUT2D eigenvalue weighted by atomic mass is 16.5. The lowest BCUT2D eigenvalue weighted by atomic mass is 9.67. The number of hydrogen-bond donors (Lipinski definition) is 0. The van der Waals surface area contributed by atoms with Crippen LogP contribution >= 0.6 is 0 Å². The van der Waals surface area contributed by atoms with Gasteiger partial charge in [-0.2, -0.15) is 0 Å². The van der Waals surface area contributed by atoms with Gasteiger partial charge in [0.15, 0.2) is 5.78 Å². The maximum Gasteiger partial charge on any atom is 0.333 e. The fourth-order valence-electron chi connectivity index (χ4n) is 2.95. The van der Waals surface area contributed by atoms with Gasteiger partial charge in [0, 0.05) is 11.5 Å². The predicted octanol–water partition coefficient (Wildman–Crippen LogP) is 3.84. The van der Waals surface area contributed by atoms with Crippen LogP contribution in [0.3, 0.4) is 0 Å². The Morgan fingerprint density at radius 1 is 1.50 bits per heavy atom. The number of carbonyl (C=O) groups is 2. The molecule has 0 fully saturated rings. The molecule has 0 saturated carbocycles. The van der Waals surface area contributed by atoms with E-state index in [2.05, 4.69) is 13.8 Å². The largest absolute Gasteiger partial charge is 0.463 e. The van der Waals surface area contributed by atoms with Crippen molar-refractivity contribution in [1.29, 1.82) is 0 Å². The minimum absolute atomic E-state index is 0.00158. The lowest BCUT2D eigenvalue weighted by Crippen LogP contribution is -2.33. The summed E-state index contributed by atoms with van der Waals surface area (Å²) < 4.78 is 4.94. The van der Waals surface area contributed by atoms with Crippen molar-refractivity contribution in [2.45, 2.75) is 53.9 Å². The summed E-state index contributed by atoms with van der Waals surface area (Å²) in [6.07, 6.45) is 6.14. The van der Waals surface area contributed by atoms with E-state index in [9.17, 15) is 9.59 Å². The first-order valence-electron chi connectivity index (χ1n) is 7.33. The van der Waals surface area contributed by atoms with Gasteiger partial charge in [-0.15, -0.1) is 0 Å². The van der Waals surface area contributed by atoms with Gasteiger partial charge in [0.2, 0.25) is 0 Å². The summed E-state index contributed by atoms with van der Waals surface area (Å²) in [6, 6.07) is 0. The van der Waals surface area contributed by atoms with Crippen molar-refractivity contribution in [2.24, 2.45) is 11.3 Å². The third-order valence-electron chi connectivity index (χ3n) is 3.91. The molecule has 0 aliphatic heterocycles. The molecule has 3 nitrogen and oxygen atoms in total. The average molecular weight is 278 g/mol. The molecule has 0 N–H and O–H groups in total. The Balaban J connectivity index is 2.63. The number of ketones is 1. The number of rotatable bonds is 5. The van der Waals surface area contributed by atoms with E-state index in [-0.39, 0.29) is 23.1 Å². The van der Waals surface area contributed by atoms with E-state index < -0.39 is 0 Å². The molecule has 0 bridgehead atoms. The van der Waals surface area contributed by atoms with E-state index in [1.54, 1.807) is 19.9 Å². The van der Waals surface area contributed by atoms with E-state index in [0.717, 1.165) is 24.8 Å². The SMILES string of the molecule is CCOC(=O)/C(C)=C\CCC1C(=O)C=C(C)CC1(C)C. The van der Waals surface area contributed by atoms with Crippen LogP contribution in [0.1, 0.15) is 53.9 Å². The van der Waals surface area contributed by atoms with Crippen LogP contribution in [-0.4, -0.2) is 18.4 Å². The van der Waals surface area contributed by atoms with Gasteiger partial charge in [-0.3, -0.25) is 4.79 Å². The van der Waals surface area contributed by atoms with E-state index >= 15 is 0 Å². The van der Waals surface area contributed by atoms with Gasteiger partial charge in [-0.1, -0.05) is 25.5 Å². The van der Waals surface area contributed by atoms with Crippen molar-refractivity contribution in [1.82, 2.24) is 0 Å². The van der Waals surface area contributed by atoms with Crippen LogP contribution in [0.5, 0.6) is 0 Å². The summed E-state index contributed by atoms with van der Waals surface area (Å²) in [5.74, 6) is -0.00384. The molecular weight excluding hydrogens is 252 g/mol. The lowest BCUT2D eigenvalue weighted by Gasteiger charge is -2.36. The predicted molar refractivity (Wildman–Crippen MR) is 80.3 cm³/mol. The van der Waals surface area contributed by atoms with Crippen LogP contribution in [0, 0.1) is 11.3 Å². The standard InChI is InChI=1S/C17H26O3/c1-6-20-16(19)13(3)8-7-9-14-15(18)10-12(2)11-17(14,4)5/h8,10,14H,6-7,9,11H2,1-5H3/b13-8-. The first-order chi connectivity index (χ1) is 9.27. The molecule has 1 aliphatic carbocycles.